The summed E-state index contributed by atoms with van der Waals surface area (Å²) in [5, 5.41) is 10.9. The number of carbonyl (C=O) groups excluding carboxylic acids is 2. The van der Waals surface area contributed by atoms with Gasteiger partial charge in [0.2, 0.25) is 0 Å². The zero-order valence-corrected chi connectivity index (χ0v) is 18.4. The van der Waals surface area contributed by atoms with E-state index in [1.54, 1.807) is 61.5 Å². The highest BCUT2D eigenvalue weighted by atomic mass is 16.7. The van der Waals surface area contributed by atoms with E-state index in [2.05, 4.69) is 0 Å². The zero-order chi connectivity index (χ0) is 22.9. The van der Waals surface area contributed by atoms with Gasteiger partial charge in [-0.3, -0.25) is 0 Å². The normalized spacial score (nSPS) is 25.2. The van der Waals surface area contributed by atoms with E-state index in [9.17, 15) is 14.7 Å². The quantitative estimate of drug-likeness (QED) is 0.469. The Kier molecular flexibility index (Phi) is 8.79. The molecule has 1 heterocycles. The molecule has 1 fully saturated rings. The van der Waals surface area contributed by atoms with Crippen molar-refractivity contribution in [3.05, 3.63) is 71.8 Å². The number of ether oxygens (including phenoxy) is 4. The number of benzene rings is 2. The minimum absolute atomic E-state index is 0.0566. The third-order valence-electron chi connectivity index (χ3n) is 5.46. The molecule has 0 aliphatic carbocycles. The van der Waals surface area contributed by atoms with Crippen molar-refractivity contribution in [3.8, 4) is 0 Å². The summed E-state index contributed by atoms with van der Waals surface area (Å²) in [5.41, 5.74) is 0.806. The molecule has 5 atom stereocenters. The second kappa shape index (κ2) is 11.8. The van der Waals surface area contributed by atoms with Crippen LogP contribution < -0.4 is 0 Å². The molecule has 0 amide bonds. The number of carbonyl (C=O) groups is 2. The zero-order valence-electron chi connectivity index (χ0n) is 18.4. The Morgan fingerprint density at radius 1 is 0.969 bits per heavy atom. The predicted octanol–water partition coefficient (Wildman–Crippen LogP) is 3.61. The summed E-state index contributed by atoms with van der Waals surface area (Å²) in [5.74, 6) is -1.50. The molecule has 7 heteroatoms. The van der Waals surface area contributed by atoms with Gasteiger partial charge in [0.15, 0.2) is 12.4 Å². The Bertz CT molecular complexity index is 853. The molecule has 2 aromatic rings. The maximum Gasteiger partial charge on any atom is 0.338 e. The molecular formula is C25H30O7. The molecule has 1 aliphatic rings. The minimum atomic E-state index is -1.05. The van der Waals surface area contributed by atoms with Gasteiger partial charge in [-0.2, -0.15) is 0 Å². The Morgan fingerprint density at radius 3 is 2.16 bits per heavy atom. The molecule has 2 unspecified atom stereocenters. The molecule has 1 N–H and O–H groups in total. The summed E-state index contributed by atoms with van der Waals surface area (Å²) < 4.78 is 22.8. The van der Waals surface area contributed by atoms with E-state index in [4.69, 9.17) is 18.9 Å². The molecule has 3 rings (SSSR count). The SMILES string of the molecule is CCCCO[C@@H]1OC(COC(=O)c2ccccc2)[C@@H](C)[C@H](O)C1OC(=O)c1ccccc1. The molecule has 7 nitrogen and oxygen atoms in total. The van der Waals surface area contributed by atoms with Crippen LogP contribution in [0.1, 0.15) is 47.4 Å². The molecular weight excluding hydrogens is 412 g/mol. The first-order chi connectivity index (χ1) is 15.5. The molecule has 2 aromatic carbocycles. The fourth-order valence-corrected chi connectivity index (χ4v) is 3.43. The summed E-state index contributed by atoms with van der Waals surface area (Å²) in [7, 11) is 0. The summed E-state index contributed by atoms with van der Waals surface area (Å²) in [6.07, 6.45) is -1.94. The topological polar surface area (TPSA) is 91.3 Å². The standard InChI is InChI=1S/C25H30O7/c1-3-4-15-29-25-22(32-24(28)19-13-9-6-10-14-19)21(26)17(2)20(31-25)16-30-23(27)18-11-7-5-8-12-18/h5-14,17,20-22,25-26H,3-4,15-16H2,1-2H3/t17-,20?,21+,22?,25-/m1/s1. The minimum Gasteiger partial charge on any atom is -0.459 e. The number of esters is 2. The second-order valence-corrected chi connectivity index (χ2v) is 7.82. The Hall–Kier alpha value is -2.74. The van der Waals surface area contributed by atoms with Gasteiger partial charge in [0, 0.05) is 12.5 Å². The van der Waals surface area contributed by atoms with Crippen LogP contribution in [-0.4, -0.2) is 54.9 Å². The lowest BCUT2D eigenvalue weighted by molar-refractivity contribution is -0.287. The van der Waals surface area contributed by atoms with Crippen molar-refractivity contribution in [1.29, 1.82) is 0 Å². The highest BCUT2D eigenvalue weighted by molar-refractivity contribution is 5.89. The van der Waals surface area contributed by atoms with Crippen LogP contribution >= 0.6 is 0 Å². The third-order valence-corrected chi connectivity index (χ3v) is 5.46. The van der Waals surface area contributed by atoms with Crippen LogP contribution in [-0.2, 0) is 18.9 Å². The van der Waals surface area contributed by atoms with Gasteiger partial charge in [0.25, 0.3) is 0 Å². The number of aliphatic hydroxyl groups excluding tert-OH is 1. The molecule has 172 valence electrons. The van der Waals surface area contributed by atoms with Gasteiger partial charge in [-0.1, -0.05) is 56.7 Å². The molecule has 0 radical (unpaired) electrons. The van der Waals surface area contributed by atoms with Crippen LogP contribution in [0.25, 0.3) is 0 Å². The lowest BCUT2D eigenvalue weighted by Crippen LogP contribution is -2.57. The first-order valence-electron chi connectivity index (χ1n) is 10.9. The van der Waals surface area contributed by atoms with E-state index in [0.29, 0.717) is 17.7 Å². The Balaban J connectivity index is 1.67. The van der Waals surface area contributed by atoms with Gasteiger partial charge in [0.1, 0.15) is 18.8 Å². The number of unbranched alkanes of at least 4 members (excludes halogenated alkanes) is 1. The number of hydrogen-bond donors (Lipinski definition) is 1. The average Bonchev–Trinajstić information content (AvgIpc) is 2.83. The van der Waals surface area contributed by atoms with Crippen molar-refractivity contribution in [2.75, 3.05) is 13.2 Å². The Morgan fingerprint density at radius 2 is 1.56 bits per heavy atom. The van der Waals surface area contributed by atoms with Crippen LogP contribution in [0, 0.1) is 5.92 Å². The van der Waals surface area contributed by atoms with Crippen LogP contribution in [0.15, 0.2) is 60.7 Å². The molecule has 32 heavy (non-hydrogen) atoms. The van der Waals surface area contributed by atoms with E-state index in [1.165, 1.54) is 0 Å². The van der Waals surface area contributed by atoms with Crippen molar-refractivity contribution in [3.63, 3.8) is 0 Å². The van der Waals surface area contributed by atoms with E-state index in [1.807, 2.05) is 13.0 Å². The van der Waals surface area contributed by atoms with Crippen LogP contribution in [0.5, 0.6) is 0 Å². The van der Waals surface area contributed by atoms with Crippen molar-refractivity contribution < 1.29 is 33.6 Å². The summed E-state index contributed by atoms with van der Waals surface area (Å²) in [4.78, 5) is 24.9. The smallest absolute Gasteiger partial charge is 0.338 e. The molecule has 0 spiro atoms. The monoisotopic (exact) mass is 442 g/mol. The summed E-state index contributed by atoms with van der Waals surface area (Å²) in [6, 6.07) is 17.2. The number of aliphatic hydroxyl groups is 1. The summed E-state index contributed by atoms with van der Waals surface area (Å²) in [6.45, 7) is 4.12. The third kappa shape index (κ3) is 6.16. The van der Waals surface area contributed by atoms with Gasteiger partial charge >= 0.3 is 11.9 Å². The van der Waals surface area contributed by atoms with Crippen molar-refractivity contribution >= 4 is 11.9 Å². The lowest BCUT2D eigenvalue weighted by atomic mass is 9.90. The predicted molar refractivity (Wildman–Crippen MR) is 117 cm³/mol. The molecule has 0 aromatic heterocycles. The lowest BCUT2D eigenvalue weighted by Gasteiger charge is -2.42. The number of rotatable bonds is 9. The maximum atomic E-state index is 12.6. The van der Waals surface area contributed by atoms with Gasteiger partial charge in [-0.25, -0.2) is 9.59 Å². The first-order valence-corrected chi connectivity index (χ1v) is 10.9. The van der Waals surface area contributed by atoms with E-state index in [-0.39, 0.29) is 6.61 Å². The van der Waals surface area contributed by atoms with Crippen LogP contribution in [0.4, 0.5) is 0 Å². The first kappa shape index (κ1) is 23.9. The summed E-state index contributed by atoms with van der Waals surface area (Å²) >= 11 is 0. The van der Waals surface area contributed by atoms with Gasteiger partial charge in [0.05, 0.1) is 11.1 Å². The number of hydrogen-bond acceptors (Lipinski definition) is 7. The highest BCUT2D eigenvalue weighted by Crippen LogP contribution is 2.30. The second-order valence-electron chi connectivity index (χ2n) is 7.82. The maximum absolute atomic E-state index is 12.6. The van der Waals surface area contributed by atoms with E-state index < -0.39 is 42.5 Å². The fraction of sp³-hybridized carbons (Fsp3) is 0.440. The van der Waals surface area contributed by atoms with Crippen molar-refractivity contribution in [2.45, 2.75) is 51.3 Å². The van der Waals surface area contributed by atoms with E-state index in [0.717, 1.165) is 12.8 Å². The van der Waals surface area contributed by atoms with Crippen molar-refractivity contribution in [2.24, 2.45) is 5.92 Å². The van der Waals surface area contributed by atoms with Crippen LogP contribution in [0.2, 0.25) is 0 Å². The van der Waals surface area contributed by atoms with Crippen LogP contribution in [0.3, 0.4) is 0 Å². The molecule has 1 saturated heterocycles. The molecule has 0 bridgehead atoms. The van der Waals surface area contributed by atoms with Gasteiger partial charge in [-0.05, 0) is 30.7 Å². The molecule has 1 aliphatic heterocycles. The highest BCUT2D eigenvalue weighted by Gasteiger charge is 2.46. The Labute approximate surface area is 188 Å². The van der Waals surface area contributed by atoms with Crippen molar-refractivity contribution in [1.82, 2.24) is 0 Å². The van der Waals surface area contributed by atoms with E-state index >= 15 is 0 Å². The fourth-order valence-electron chi connectivity index (χ4n) is 3.43. The van der Waals surface area contributed by atoms with Gasteiger partial charge < -0.3 is 24.1 Å². The van der Waals surface area contributed by atoms with Gasteiger partial charge in [-0.15, -0.1) is 0 Å². The largest absolute Gasteiger partial charge is 0.459 e. The average molecular weight is 443 g/mol. The molecule has 0 saturated carbocycles.